The Morgan fingerprint density at radius 2 is 2.08 bits per heavy atom. The summed E-state index contributed by atoms with van der Waals surface area (Å²) in [5.74, 6) is 0.0362. The summed E-state index contributed by atoms with van der Waals surface area (Å²) in [6.07, 6.45) is 4.80. The van der Waals surface area contributed by atoms with Gasteiger partial charge in [-0.15, -0.1) is 11.3 Å². The molecule has 2 heterocycles. The lowest BCUT2D eigenvalue weighted by molar-refractivity contribution is -0.121. The predicted octanol–water partition coefficient (Wildman–Crippen LogP) is 5.02. The van der Waals surface area contributed by atoms with Crippen molar-refractivity contribution in [3.05, 3.63) is 75.9 Å². The number of carbonyl (C=O) groups excluding carboxylic acids is 1. The molecule has 0 saturated carbocycles. The van der Waals surface area contributed by atoms with Crippen molar-refractivity contribution < 1.29 is 4.79 Å². The Hall–Kier alpha value is -2.17. The number of hydrogen-bond donors (Lipinski definition) is 1. The van der Waals surface area contributed by atoms with Crippen LogP contribution >= 0.6 is 22.9 Å². The van der Waals surface area contributed by atoms with E-state index in [-0.39, 0.29) is 5.91 Å². The van der Waals surface area contributed by atoms with E-state index in [1.807, 2.05) is 42.8 Å². The molecule has 0 saturated heterocycles. The summed E-state index contributed by atoms with van der Waals surface area (Å²) in [4.78, 5) is 17.6. The molecule has 0 bridgehead atoms. The highest BCUT2D eigenvalue weighted by molar-refractivity contribution is 7.13. The van der Waals surface area contributed by atoms with E-state index in [0.717, 1.165) is 27.3 Å². The largest absolute Gasteiger partial charge is 0.352 e. The van der Waals surface area contributed by atoms with Crippen LogP contribution < -0.4 is 5.32 Å². The van der Waals surface area contributed by atoms with Crippen LogP contribution in [0.15, 0.2) is 54.2 Å². The first-order valence-electron chi connectivity index (χ1n) is 8.11. The van der Waals surface area contributed by atoms with Crippen LogP contribution in [0.3, 0.4) is 0 Å². The summed E-state index contributed by atoms with van der Waals surface area (Å²) in [5.41, 5.74) is 4.24. The SMILES string of the molecule is Cc1cc(CCC(=O)NCc2cncc(-c3cccs3)c2)ccc1Cl. The third kappa shape index (κ3) is 4.91. The van der Waals surface area contributed by atoms with E-state index in [4.69, 9.17) is 11.6 Å². The van der Waals surface area contributed by atoms with E-state index in [1.54, 1.807) is 17.5 Å². The first kappa shape index (κ1) is 17.6. The van der Waals surface area contributed by atoms with Gasteiger partial charge in [0.25, 0.3) is 0 Å². The molecule has 5 heteroatoms. The van der Waals surface area contributed by atoms with Crippen LogP contribution in [0.5, 0.6) is 0 Å². The zero-order chi connectivity index (χ0) is 17.6. The number of rotatable bonds is 6. The number of nitrogens with zero attached hydrogens (tertiary/aromatic N) is 1. The number of hydrogen-bond acceptors (Lipinski definition) is 3. The molecule has 3 aromatic rings. The smallest absolute Gasteiger partial charge is 0.220 e. The van der Waals surface area contributed by atoms with E-state index in [0.29, 0.717) is 19.4 Å². The number of carbonyl (C=O) groups is 1. The van der Waals surface area contributed by atoms with Crippen LogP contribution in [0.4, 0.5) is 0 Å². The molecule has 0 radical (unpaired) electrons. The van der Waals surface area contributed by atoms with Crippen LogP contribution in [0.1, 0.15) is 23.1 Å². The summed E-state index contributed by atoms with van der Waals surface area (Å²) in [6.45, 7) is 2.46. The van der Waals surface area contributed by atoms with Gasteiger partial charge in [0.2, 0.25) is 5.91 Å². The lowest BCUT2D eigenvalue weighted by Crippen LogP contribution is -2.23. The number of amides is 1. The Labute approximate surface area is 156 Å². The van der Waals surface area contributed by atoms with Gasteiger partial charge in [-0.25, -0.2) is 0 Å². The molecular formula is C20H19ClN2OS. The molecule has 3 rings (SSSR count). The first-order valence-corrected chi connectivity index (χ1v) is 9.37. The van der Waals surface area contributed by atoms with Crippen molar-refractivity contribution in [1.82, 2.24) is 10.3 Å². The Morgan fingerprint density at radius 3 is 2.84 bits per heavy atom. The second-order valence-electron chi connectivity index (χ2n) is 5.92. The zero-order valence-corrected chi connectivity index (χ0v) is 15.5. The topological polar surface area (TPSA) is 42.0 Å². The zero-order valence-electron chi connectivity index (χ0n) is 14.0. The second-order valence-corrected chi connectivity index (χ2v) is 7.27. The van der Waals surface area contributed by atoms with E-state index >= 15 is 0 Å². The van der Waals surface area contributed by atoms with Gasteiger partial charge >= 0.3 is 0 Å². The average Bonchev–Trinajstić information content (AvgIpc) is 3.16. The van der Waals surface area contributed by atoms with Crippen LogP contribution in [-0.2, 0) is 17.8 Å². The van der Waals surface area contributed by atoms with Gasteiger partial charge in [0.05, 0.1) is 0 Å². The second kappa shape index (κ2) is 8.28. The van der Waals surface area contributed by atoms with Crippen molar-refractivity contribution in [1.29, 1.82) is 0 Å². The van der Waals surface area contributed by atoms with Gasteiger partial charge < -0.3 is 5.32 Å². The van der Waals surface area contributed by atoms with Crippen molar-refractivity contribution in [3.8, 4) is 10.4 Å². The number of aryl methyl sites for hydroxylation is 2. The standard InChI is InChI=1S/C20H19ClN2OS/c1-14-9-15(4-6-18(14)21)5-7-20(24)23-12-16-10-17(13-22-11-16)19-3-2-8-25-19/h2-4,6,8-11,13H,5,7,12H2,1H3,(H,23,24). The van der Waals surface area contributed by atoms with E-state index < -0.39 is 0 Å². The summed E-state index contributed by atoms with van der Waals surface area (Å²) in [5, 5.41) is 5.77. The van der Waals surface area contributed by atoms with Crippen LogP contribution in [0, 0.1) is 6.92 Å². The van der Waals surface area contributed by atoms with Crippen molar-refractivity contribution in [3.63, 3.8) is 0 Å². The maximum Gasteiger partial charge on any atom is 0.220 e. The van der Waals surface area contributed by atoms with Gasteiger partial charge in [-0.2, -0.15) is 0 Å². The minimum Gasteiger partial charge on any atom is -0.352 e. The normalized spacial score (nSPS) is 10.6. The Morgan fingerprint density at radius 1 is 1.20 bits per heavy atom. The fourth-order valence-electron chi connectivity index (χ4n) is 2.57. The van der Waals surface area contributed by atoms with Crippen molar-refractivity contribution in [2.24, 2.45) is 0 Å². The highest BCUT2D eigenvalue weighted by Gasteiger charge is 2.06. The minimum absolute atomic E-state index is 0.0362. The number of nitrogens with one attached hydrogen (secondary N) is 1. The predicted molar refractivity (Wildman–Crippen MR) is 104 cm³/mol. The van der Waals surface area contributed by atoms with Crippen molar-refractivity contribution >= 4 is 28.8 Å². The Bertz CT molecular complexity index is 862. The maximum absolute atomic E-state index is 12.1. The van der Waals surface area contributed by atoms with E-state index in [2.05, 4.69) is 22.4 Å². The van der Waals surface area contributed by atoms with Crippen molar-refractivity contribution in [2.75, 3.05) is 0 Å². The number of aromatic nitrogens is 1. The van der Waals surface area contributed by atoms with Gasteiger partial charge in [0.1, 0.15) is 0 Å². The number of pyridine rings is 1. The molecule has 1 amide bonds. The third-order valence-corrected chi connectivity index (χ3v) is 5.30. The molecular weight excluding hydrogens is 352 g/mol. The monoisotopic (exact) mass is 370 g/mol. The Kier molecular flexibility index (Phi) is 5.84. The molecule has 1 N–H and O–H groups in total. The average molecular weight is 371 g/mol. The van der Waals surface area contributed by atoms with Crippen molar-refractivity contribution in [2.45, 2.75) is 26.3 Å². The Balaban J connectivity index is 1.52. The summed E-state index contributed by atoms with van der Waals surface area (Å²) >= 11 is 7.71. The lowest BCUT2D eigenvalue weighted by Gasteiger charge is -2.07. The number of thiophene rings is 1. The molecule has 1 aromatic carbocycles. The van der Waals surface area contributed by atoms with Crippen LogP contribution in [-0.4, -0.2) is 10.9 Å². The molecule has 0 fully saturated rings. The highest BCUT2D eigenvalue weighted by Crippen LogP contribution is 2.24. The summed E-state index contributed by atoms with van der Waals surface area (Å²) in [6, 6.07) is 12.0. The number of benzene rings is 1. The highest BCUT2D eigenvalue weighted by atomic mass is 35.5. The van der Waals surface area contributed by atoms with E-state index in [1.165, 1.54) is 4.88 Å². The molecule has 0 aliphatic heterocycles. The van der Waals surface area contributed by atoms with E-state index in [9.17, 15) is 4.79 Å². The summed E-state index contributed by atoms with van der Waals surface area (Å²) < 4.78 is 0. The molecule has 3 nitrogen and oxygen atoms in total. The molecule has 0 aliphatic carbocycles. The molecule has 0 atom stereocenters. The molecule has 0 spiro atoms. The summed E-state index contributed by atoms with van der Waals surface area (Å²) in [7, 11) is 0. The van der Waals surface area contributed by atoms with Crippen LogP contribution in [0.25, 0.3) is 10.4 Å². The lowest BCUT2D eigenvalue weighted by atomic mass is 10.1. The maximum atomic E-state index is 12.1. The third-order valence-electron chi connectivity index (χ3n) is 3.95. The van der Waals surface area contributed by atoms with Gasteiger partial charge in [0.15, 0.2) is 0 Å². The number of halogens is 1. The fourth-order valence-corrected chi connectivity index (χ4v) is 3.40. The first-order chi connectivity index (χ1) is 12.1. The minimum atomic E-state index is 0.0362. The van der Waals surface area contributed by atoms with Crippen LogP contribution in [0.2, 0.25) is 5.02 Å². The fraction of sp³-hybridized carbons (Fsp3) is 0.200. The quantitative estimate of drug-likeness (QED) is 0.661. The molecule has 0 aliphatic rings. The molecule has 2 aromatic heterocycles. The van der Waals surface area contributed by atoms with Gasteiger partial charge in [0, 0.05) is 40.8 Å². The van der Waals surface area contributed by atoms with Gasteiger partial charge in [-0.1, -0.05) is 29.8 Å². The van der Waals surface area contributed by atoms with Gasteiger partial charge in [-0.3, -0.25) is 9.78 Å². The molecule has 128 valence electrons. The van der Waals surface area contributed by atoms with Gasteiger partial charge in [-0.05, 0) is 53.6 Å². The molecule has 0 unspecified atom stereocenters. The molecule has 25 heavy (non-hydrogen) atoms.